The highest BCUT2D eigenvalue weighted by atomic mass is 35.5. The van der Waals surface area contributed by atoms with Crippen LogP contribution >= 0.6 is 11.6 Å². The van der Waals surface area contributed by atoms with Crippen molar-refractivity contribution in [3.8, 4) is 0 Å². The molecule has 3 aromatic rings. The van der Waals surface area contributed by atoms with E-state index in [9.17, 15) is 8.42 Å². The average molecular weight is 392 g/mol. The summed E-state index contributed by atoms with van der Waals surface area (Å²) in [5, 5.41) is 0.304. The monoisotopic (exact) mass is 391 g/mol. The second-order valence-corrected chi connectivity index (χ2v) is 8.67. The summed E-state index contributed by atoms with van der Waals surface area (Å²) in [5.41, 5.74) is 2.02. The first kappa shape index (κ1) is 17.5. The molecule has 6 nitrogen and oxygen atoms in total. The summed E-state index contributed by atoms with van der Waals surface area (Å²) in [4.78, 5) is 8.65. The van der Waals surface area contributed by atoms with Crippen molar-refractivity contribution in [3.05, 3.63) is 53.1 Å². The third kappa shape index (κ3) is 3.00. The molecule has 8 heteroatoms. The van der Waals surface area contributed by atoms with E-state index in [1.807, 2.05) is 24.3 Å². The number of pyridine rings is 1. The maximum Gasteiger partial charge on any atom is 0.245 e. The number of aryl methyl sites for hydroxylation is 1. The van der Waals surface area contributed by atoms with E-state index in [0.717, 1.165) is 18.4 Å². The molecular formula is C18H18ClN3O3S. The SMILES string of the molecule is Cc1cc(S(=O)(=O)N2CCCC[C@H]2c2nc3ccccc3o2)cnc1Cl. The quantitative estimate of drug-likeness (QED) is 0.628. The van der Waals surface area contributed by atoms with Gasteiger partial charge in [-0.25, -0.2) is 18.4 Å². The fraction of sp³-hybridized carbons (Fsp3) is 0.333. The highest BCUT2D eigenvalue weighted by molar-refractivity contribution is 7.89. The van der Waals surface area contributed by atoms with E-state index in [2.05, 4.69) is 9.97 Å². The number of halogens is 1. The Kier molecular flexibility index (Phi) is 4.46. The number of fused-ring (bicyclic) bond motifs is 1. The van der Waals surface area contributed by atoms with Gasteiger partial charge in [0.2, 0.25) is 15.9 Å². The Hall–Kier alpha value is -1.96. The molecule has 4 rings (SSSR count). The van der Waals surface area contributed by atoms with Crippen molar-refractivity contribution in [1.29, 1.82) is 0 Å². The van der Waals surface area contributed by atoms with Gasteiger partial charge in [0, 0.05) is 12.7 Å². The highest BCUT2D eigenvalue weighted by Crippen LogP contribution is 2.36. The van der Waals surface area contributed by atoms with Gasteiger partial charge in [0.25, 0.3) is 0 Å². The Labute approximate surface area is 156 Å². The third-order valence-electron chi connectivity index (χ3n) is 4.65. The summed E-state index contributed by atoms with van der Waals surface area (Å²) in [7, 11) is -3.72. The van der Waals surface area contributed by atoms with Gasteiger partial charge < -0.3 is 4.42 Å². The van der Waals surface area contributed by atoms with Crippen LogP contribution in [0.1, 0.15) is 36.8 Å². The van der Waals surface area contributed by atoms with Crippen molar-refractivity contribution in [2.24, 2.45) is 0 Å². The lowest BCUT2D eigenvalue weighted by atomic mass is 10.1. The molecule has 3 heterocycles. The normalized spacial score (nSPS) is 19.1. The number of rotatable bonds is 3. The fourth-order valence-corrected chi connectivity index (χ4v) is 5.07. The van der Waals surface area contributed by atoms with Gasteiger partial charge in [-0.3, -0.25) is 0 Å². The predicted molar refractivity (Wildman–Crippen MR) is 98.5 cm³/mol. The fourth-order valence-electron chi connectivity index (χ4n) is 3.28. The number of para-hydroxylation sites is 2. The van der Waals surface area contributed by atoms with Crippen LogP contribution in [0.25, 0.3) is 11.1 Å². The van der Waals surface area contributed by atoms with Gasteiger partial charge in [-0.2, -0.15) is 4.31 Å². The van der Waals surface area contributed by atoms with Gasteiger partial charge in [0.1, 0.15) is 21.6 Å². The van der Waals surface area contributed by atoms with E-state index >= 15 is 0 Å². The molecule has 136 valence electrons. The molecule has 0 bridgehead atoms. The maximum atomic E-state index is 13.2. The number of hydrogen-bond acceptors (Lipinski definition) is 5. The van der Waals surface area contributed by atoms with Crippen LogP contribution in [-0.4, -0.2) is 29.2 Å². The molecule has 0 amide bonds. The Bertz CT molecular complexity index is 1030. The Morgan fingerprint density at radius 2 is 2.08 bits per heavy atom. The zero-order valence-corrected chi connectivity index (χ0v) is 15.8. The molecule has 26 heavy (non-hydrogen) atoms. The number of piperidine rings is 1. The molecule has 0 saturated carbocycles. The van der Waals surface area contributed by atoms with Gasteiger partial charge in [-0.05, 0) is 43.5 Å². The van der Waals surface area contributed by atoms with Crippen LogP contribution in [0.3, 0.4) is 0 Å². The Balaban J connectivity index is 1.75. The van der Waals surface area contributed by atoms with Crippen molar-refractivity contribution in [2.45, 2.75) is 37.1 Å². The van der Waals surface area contributed by atoms with Crippen LogP contribution in [0.2, 0.25) is 5.15 Å². The molecule has 1 aliphatic heterocycles. The predicted octanol–water partition coefficient (Wildman–Crippen LogP) is 4.10. The third-order valence-corrected chi connectivity index (χ3v) is 6.91. The van der Waals surface area contributed by atoms with Crippen LogP contribution in [0.5, 0.6) is 0 Å². The van der Waals surface area contributed by atoms with E-state index in [1.54, 1.807) is 13.0 Å². The minimum Gasteiger partial charge on any atom is -0.439 e. The van der Waals surface area contributed by atoms with E-state index < -0.39 is 16.1 Å². The molecule has 0 unspecified atom stereocenters. The highest BCUT2D eigenvalue weighted by Gasteiger charge is 2.37. The van der Waals surface area contributed by atoms with E-state index in [-0.39, 0.29) is 4.90 Å². The molecule has 1 aliphatic rings. The molecule has 0 N–H and O–H groups in total. The number of nitrogens with zero attached hydrogens (tertiary/aromatic N) is 3. The molecule has 0 aliphatic carbocycles. The van der Waals surface area contributed by atoms with Crippen molar-refractivity contribution in [2.75, 3.05) is 6.54 Å². The molecule has 1 fully saturated rings. The minimum atomic E-state index is -3.72. The molecular weight excluding hydrogens is 374 g/mol. The summed E-state index contributed by atoms with van der Waals surface area (Å²) in [5.74, 6) is 0.438. The van der Waals surface area contributed by atoms with Gasteiger partial charge in [-0.1, -0.05) is 30.2 Å². The Morgan fingerprint density at radius 1 is 1.27 bits per heavy atom. The maximum absolute atomic E-state index is 13.2. The molecule has 0 spiro atoms. The lowest BCUT2D eigenvalue weighted by Crippen LogP contribution is -2.38. The summed E-state index contributed by atoms with van der Waals surface area (Å²) in [6.07, 6.45) is 3.71. The smallest absolute Gasteiger partial charge is 0.245 e. The van der Waals surface area contributed by atoms with E-state index in [1.165, 1.54) is 10.5 Å². The molecule has 1 saturated heterocycles. The standard InChI is InChI=1S/C18H18ClN3O3S/c1-12-10-13(11-20-17(12)19)26(23,24)22-9-5-4-7-15(22)18-21-14-6-2-3-8-16(14)25-18/h2-3,6,8,10-11,15H,4-5,7,9H2,1H3/t15-/m0/s1. The molecule has 0 radical (unpaired) electrons. The number of oxazole rings is 1. The zero-order valence-electron chi connectivity index (χ0n) is 14.2. The Morgan fingerprint density at radius 3 is 2.85 bits per heavy atom. The first-order valence-electron chi connectivity index (χ1n) is 8.46. The van der Waals surface area contributed by atoms with Gasteiger partial charge in [0.05, 0.1) is 0 Å². The van der Waals surface area contributed by atoms with Crippen molar-refractivity contribution in [1.82, 2.24) is 14.3 Å². The summed E-state index contributed by atoms with van der Waals surface area (Å²) in [6.45, 7) is 2.16. The van der Waals surface area contributed by atoms with E-state index in [0.29, 0.717) is 35.2 Å². The molecule has 1 atom stereocenters. The van der Waals surface area contributed by atoms with Gasteiger partial charge in [-0.15, -0.1) is 0 Å². The van der Waals surface area contributed by atoms with Gasteiger partial charge in [0.15, 0.2) is 5.58 Å². The lowest BCUT2D eigenvalue weighted by Gasteiger charge is -2.32. The van der Waals surface area contributed by atoms with Crippen molar-refractivity contribution >= 4 is 32.7 Å². The van der Waals surface area contributed by atoms with Crippen LogP contribution in [0, 0.1) is 6.92 Å². The van der Waals surface area contributed by atoms with E-state index in [4.69, 9.17) is 16.0 Å². The molecule has 1 aromatic carbocycles. The van der Waals surface area contributed by atoms with Crippen LogP contribution in [-0.2, 0) is 10.0 Å². The number of benzene rings is 1. The minimum absolute atomic E-state index is 0.141. The summed E-state index contributed by atoms with van der Waals surface area (Å²) >= 11 is 5.94. The van der Waals surface area contributed by atoms with Crippen LogP contribution in [0.4, 0.5) is 0 Å². The first-order chi connectivity index (χ1) is 12.5. The number of hydrogen-bond donors (Lipinski definition) is 0. The van der Waals surface area contributed by atoms with Gasteiger partial charge >= 0.3 is 0 Å². The second-order valence-electron chi connectivity index (χ2n) is 6.43. The lowest BCUT2D eigenvalue weighted by molar-refractivity contribution is 0.222. The molecule has 2 aromatic heterocycles. The van der Waals surface area contributed by atoms with Crippen LogP contribution < -0.4 is 0 Å². The zero-order chi connectivity index (χ0) is 18.3. The van der Waals surface area contributed by atoms with Crippen molar-refractivity contribution < 1.29 is 12.8 Å². The average Bonchev–Trinajstić information content (AvgIpc) is 3.08. The van der Waals surface area contributed by atoms with Crippen molar-refractivity contribution in [3.63, 3.8) is 0 Å². The number of sulfonamides is 1. The summed E-state index contributed by atoms with van der Waals surface area (Å²) in [6, 6.07) is 8.58. The first-order valence-corrected chi connectivity index (χ1v) is 10.3. The van der Waals surface area contributed by atoms with Crippen LogP contribution in [0.15, 0.2) is 45.8 Å². The largest absolute Gasteiger partial charge is 0.439 e. The number of aromatic nitrogens is 2. The summed E-state index contributed by atoms with van der Waals surface area (Å²) < 4.78 is 33.8. The second kappa shape index (κ2) is 6.64. The topological polar surface area (TPSA) is 76.3 Å².